The predicted octanol–water partition coefficient (Wildman–Crippen LogP) is 4.28. The summed E-state index contributed by atoms with van der Waals surface area (Å²) in [5, 5.41) is 0. The van der Waals surface area contributed by atoms with Crippen molar-refractivity contribution in [3.63, 3.8) is 0 Å². The van der Waals surface area contributed by atoms with Gasteiger partial charge in [0.05, 0.1) is 0 Å². The molecule has 0 spiro atoms. The lowest BCUT2D eigenvalue weighted by molar-refractivity contribution is 0.301. The molecule has 0 aliphatic heterocycles. The minimum atomic E-state index is -0.202. The van der Waals surface area contributed by atoms with Crippen molar-refractivity contribution >= 4 is 15.9 Å². The molecular formula is C14H21BrFN. The molecule has 1 atom stereocenters. The molecule has 0 amide bonds. The maximum absolute atomic E-state index is 12.9. The van der Waals surface area contributed by atoms with Gasteiger partial charge in [0.2, 0.25) is 0 Å². The van der Waals surface area contributed by atoms with Crippen LogP contribution in [0.15, 0.2) is 22.7 Å². The average Bonchev–Trinajstić information content (AvgIpc) is 2.19. The van der Waals surface area contributed by atoms with Crippen LogP contribution in [0.4, 0.5) is 4.39 Å². The molecule has 1 aromatic rings. The van der Waals surface area contributed by atoms with Crippen LogP contribution < -0.4 is 5.73 Å². The second kappa shape index (κ2) is 5.96. The lowest BCUT2D eigenvalue weighted by atomic mass is 9.84. The Morgan fingerprint density at radius 2 is 2.00 bits per heavy atom. The van der Waals surface area contributed by atoms with E-state index in [1.54, 1.807) is 0 Å². The van der Waals surface area contributed by atoms with Crippen molar-refractivity contribution in [2.75, 3.05) is 0 Å². The standard InChI is InChI=1S/C14H21BrFN/c1-14(2,3)13(17)6-4-5-10-7-8-11(16)9-12(10)15/h7-9,13H,4-6,17H2,1-3H3. The van der Waals surface area contributed by atoms with Gasteiger partial charge in [-0.15, -0.1) is 0 Å². The fourth-order valence-corrected chi connectivity index (χ4v) is 2.22. The summed E-state index contributed by atoms with van der Waals surface area (Å²) in [7, 11) is 0. The van der Waals surface area contributed by atoms with E-state index in [1.165, 1.54) is 12.1 Å². The van der Waals surface area contributed by atoms with E-state index >= 15 is 0 Å². The van der Waals surface area contributed by atoms with Gasteiger partial charge < -0.3 is 5.73 Å². The van der Waals surface area contributed by atoms with Gasteiger partial charge in [0.1, 0.15) is 5.82 Å². The fraction of sp³-hybridized carbons (Fsp3) is 0.571. The van der Waals surface area contributed by atoms with Crippen LogP contribution in [0.5, 0.6) is 0 Å². The highest BCUT2D eigenvalue weighted by Gasteiger charge is 2.19. The molecule has 1 rings (SSSR count). The molecule has 1 nitrogen and oxygen atoms in total. The van der Waals surface area contributed by atoms with E-state index in [0.29, 0.717) is 0 Å². The van der Waals surface area contributed by atoms with Crippen LogP contribution >= 0.6 is 15.9 Å². The molecule has 2 N–H and O–H groups in total. The SMILES string of the molecule is CC(C)(C)C(N)CCCc1ccc(F)cc1Br. The summed E-state index contributed by atoms with van der Waals surface area (Å²) >= 11 is 3.38. The maximum atomic E-state index is 12.9. The van der Waals surface area contributed by atoms with Crippen molar-refractivity contribution in [1.29, 1.82) is 0 Å². The molecule has 0 aromatic heterocycles. The third-order valence-corrected chi connectivity index (χ3v) is 3.83. The van der Waals surface area contributed by atoms with E-state index < -0.39 is 0 Å². The van der Waals surface area contributed by atoms with Gasteiger partial charge in [-0.05, 0) is 42.4 Å². The zero-order chi connectivity index (χ0) is 13.1. The van der Waals surface area contributed by atoms with Gasteiger partial charge in [-0.1, -0.05) is 42.8 Å². The molecule has 96 valence electrons. The molecule has 0 saturated heterocycles. The summed E-state index contributed by atoms with van der Waals surface area (Å²) in [4.78, 5) is 0. The van der Waals surface area contributed by atoms with Gasteiger partial charge in [-0.25, -0.2) is 4.39 Å². The van der Waals surface area contributed by atoms with Gasteiger partial charge in [-0.3, -0.25) is 0 Å². The van der Waals surface area contributed by atoms with Crippen molar-refractivity contribution in [3.8, 4) is 0 Å². The molecule has 3 heteroatoms. The van der Waals surface area contributed by atoms with Crippen LogP contribution in [-0.2, 0) is 6.42 Å². The normalized spacial score (nSPS) is 13.8. The van der Waals surface area contributed by atoms with E-state index in [2.05, 4.69) is 36.7 Å². The second-order valence-corrected chi connectivity index (χ2v) is 6.45. The largest absolute Gasteiger partial charge is 0.327 e. The van der Waals surface area contributed by atoms with E-state index in [-0.39, 0.29) is 17.3 Å². The number of aryl methyl sites for hydroxylation is 1. The first-order valence-corrected chi connectivity index (χ1v) is 6.79. The molecule has 1 unspecified atom stereocenters. The average molecular weight is 302 g/mol. The summed E-state index contributed by atoms with van der Waals surface area (Å²) in [5.74, 6) is -0.202. The molecule has 0 radical (unpaired) electrons. The molecule has 17 heavy (non-hydrogen) atoms. The van der Waals surface area contributed by atoms with Crippen molar-refractivity contribution in [2.45, 2.75) is 46.1 Å². The summed E-state index contributed by atoms with van der Waals surface area (Å²) in [6, 6.07) is 5.06. The Morgan fingerprint density at radius 3 is 2.53 bits per heavy atom. The third kappa shape index (κ3) is 4.76. The van der Waals surface area contributed by atoms with Crippen molar-refractivity contribution in [2.24, 2.45) is 11.1 Å². The summed E-state index contributed by atoms with van der Waals surface area (Å²) in [5.41, 5.74) is 7.40. The monoisotopic (exact) mass is 301 g/mol. The number of hydrogen-bond acceptors (Lipinski definition) is 1. The van der Waals surface area contributed by atoms with E-state index in [4.69, 9.17) is 5.73 Å². The first kappa shape index (κ1) is 14.7. The molecule has 0 aliphatic carbocycles. The van der Waals surface area contributed by atoms with Crippen molar-refractivity contribution in [1.82, 2.24) is 0 Å². The Morgan fingerprint density at radius 1 is 1.35 bits per heavy atom. The van der Waals surface area contributed by atoms with Crippen LogP contribution in [0.25, 0.3) is 0 Å². The van der Waals surface area contributed by atoms with Gasteiger partial charge >= 0.3 is 0 Å². The molecule has 0 heterocycles. The molecule has 0 aliphatic rings. The minimum absolute atomic E-state index is 0.153. The number of benzene rings is 1. The van der Waals surface area contributed by atoms with Crippen molar-refractivity contribution in [3.05, 3.63) is 34.1 Å². The zero-order valence-electron chi connectivity index (χ0n) is 10.8. The van der Waals surface area contributed by atoms with Gasteiger partial charge in [0.15, 0.2) is 0 Å². The Hall–Kier alpha value is -0.410. The van der Waals surface area contributed by atoms with Gasteiger partial charge in [0, 0.05) is 10.5 Å². The van der Waals surface area contributed by atoms with Crippen LogP contribution in [0.2, 0.25) is 0 Å². The minimum Gasteiger partial charge on any atom is -0.327 e. The lowest BCUT2D eigenvalue weighted by Gasteiger charge is -2.27. The van der Waals surface area contributed by atoms with Gasteiger partial charge in [-0.2, -0.15) is 0 Å². The molecule has 0 fully saturated rings. The summed E-state index contributed by atoms with van der Waals surface area (Å²) in [6.07, 6.45) is 2.96. The highest BCUT2D eigenvalue weighted by atomic mass is 79.9. The Bertz CT molecular complexity index is 371. The smallest absolute Gasteiger partial charge is 0.124 e. The first-order chi connectivity index (χ1) is 7.80. The number of rotatable bonds is 4. The molecule has 1 aromatic carbocycles. The van der Waals surface area contributed by atoms with E-state index in [0.717, 1.165) is 29.3 Å². The van der Waals surface area contributed by atoms with E-state index in [1.807, 2.05) is 6.07 Å². The van der Waals surface area contributed by atoms with Crippen molar-refractivity contribution < 1.29 is 4.39 Å². The fourth-order valence-electron chi connectivity index (χ4n) is 1.67. The number of halogens is 2. The molecular weight excluding hydrogens is 281 g/mol. The summed E-state index contributed by atoms with van der Waals surface area (Å²) in [6.45, 7) is 6.47. The maximum Gasteiger partial charge on any atom is 0.124 e. The summed E-state index contributed by atoms with van der Waals surface area (Å²) < 4.78 is 13.8. The Labute approximate surface area is 112 Å². The van der Waals surface area contributed by atoms with Crippen LogP contribution in [0.3, 0.4) is 0 Å². The van der Waals surface area contributed by atoms with Crippen LogP contribution in [-0.4, -0.2) is 6.04 Å². The quantitative estimate of drug-likeness (QED) is 0.882. The number of hydrogen-bond donors (Lipinski definition) is 1. The predicted molar refractivity (Wildman–Crippen MR) is 74.5 cm³/mol. The van der Waals surface area contributed by atoms with Crippen LogP contribution in [0.1, 0.15) is 39.2 Å². The third-order valence-electron chi connectivity index (χ3n) is 3.09. The topological polar surface area (TPSA) is 26.0 Å². The van der Waals surface area contributed by atoms with E-state index in [9.17, 15) is 4.39 Å². The Kier molecular flexibility index (Phi) is 5.14. The highest BCUT2D eigenvalue weighted by Crippen LogP contribution is 2.24. The van der Waals surface area contributed by atoms with Crippen LogP contribution in [0, 0.1) is 11.2 Å². The molecule has 0 bridgehead atoms. The lowest BCUT2D eigenvalue weighted by Crippen LogP contribution is -2.34. The highest BCUT2D eigenvalue weighted by molar-refractivity contribution is 9.10. The zero-order valence-corrected chi connectivity index (χ0v) is 12.3. The Balaban J connectivity index is 2.46. The number of nitrogens with two attached hydrogens (primary N) is 1. The molecule has 0 saturated carbocycles. The second-order valence-electron chi connectivity index (χ2n) is 5.60. The van der Waals surface area contributed by atoms with Gasteiger partial charge in [0.25, 0.3) is 0 Å². The first-order valence-electron chi connectivity index (χ1n) is 6.00.